The molecule has 0 N–H and O–H groups in total. The van der Waals surface area contributed by atoms with E-state index in [0.29, 0.717) is 6.42 Å². The van der Waals surface area contributed by atoms with E-state index in [-0.39, 0.29) is 17.5 Å². The molecule has 1 unspecified atom stereocenters. The highest BCUT2D eigenvalue weighted by molar-refractivity contribution is 6.73. The first kappa shape index (κ1) is 15.2. The van der Waals surface area contributed by atoms with Crippen molar-refractivity contribution in [2.75, 3.05) is 0 Å². The SMILES string of the molecule is CC1(C)CC(Oc2cncc([B-](F)(F)F)c2)C(C)(C)O1. The molecular formula is C13H18BF3NO2-. The van der Waals surface area contributed by atoms with Gasteiger partial charge in [-0.2, -0.15) is 0 Å². The van der Waals surface area contributed by atoms with Crippen molar-refractivity contribution >= 4 is 12.4 Å². The summed E-state index contributed by atoms with van der Waals surface area (Å²) in [5, 5.41) is 0. The average molecular weight is 288 g/mol. The lowest BCUT2D eigenvalue weighted by Gasteiger charge is -2.27. The maximum Gasteiger partial charge on any atom is 0.511 e. The molecule has 1 saturated heterocycles. The lowest BCUT2D eigenvalue weighted by molar-refractivity contribution is -0.0846. The zero-order valence-electron chi connectivity index (χ0n) is 12.0. The van der Waals surface area contributed by atoms with E-state index in [1.807, 2.05) is 27.7 Å². The van der Waals surface area contributed by atoms with E-state index < -0.39 is 18.0 Å². The van der Waals surface area contributed by atoms with Crippen LogP contribution in [0.4, 0.5) is 12.9 Å². The topological polar surface area (TPSA) is 31.4 Å². The second kappa shape index (κ2) is 4.65. The fourth-order valence-electron chi connectivity index (χ4n) is 2.54. The highest BCUT2D eigenvalue weighted by Gasteiger charge is 2.47. The predicted octanol–water partition coefficient (Wildman–Crippen LogP) is 2.86. The fraction of sp³-hybridized carbons (Fsp3) is 0.615. The zero-order chi connectivity index (χ0) is 15.2. The lowest BCUT2D eigenvalue weighted by Crippen LogP contribution is -2.38. The second-order valence-corrected chi connectivity index (χ2v) is 6.30. The molecule has 0 saturated carbocycles. The van der Waals surface area contributed by atoms with Crippen molar-refractivity contribution in [1.29, 1.82) is 0 Å². The van der Waals surface area contributed by atoms with Crippen molar-refractivity contribution in [2.24, 2.45) is 0 Å². The smallest absolute Gasteiger partial charge is 0.486 e. The second-order valence-electron chi connectivity index (χ2n) is 6.30. The molecule has 0 spiro atoms. The summed E-state index contributed by atoms with van der Waals surface area (Å²) in [4.78, 5) is 3.61. The van der Waals surface area contributed by atoms with Gasteiger partial charge in [0.05, 0.1) is 11.8 Å². The fourth-order valence-corrected chi connectivity index (χ4v) is 2.54. The molecule has 1 aliphatic heterocycles. The van der Waals surface area contributed by atoms with Gasteiger partial charge >= 0.3 is 6.98 Å². The molecule has 3 nitrogen and oxygen atoms in total. The van der Waals surface area contributed by atoms with Crippen molar-refractivity contribution in [3.63, 3.8) is 0 Å². The Hall–Kier alpha value is -1.24. The van der Waals surface area contributed by atoms with Crippen molar-refractivity contribution in [3.05, 3.63) is 18.5 Å². The summed E-state index contributed by atoms with van der Waals surface area (Å²) in [6.07, 6.45) is 2.41. The summed E-state index contributed by atoms with van der Waals surface area (Å²) in [6.45, 7) is 2.55. The van der Waals surface area contributed by atoms with E-state index in [0.717, 1.165) is 12.3 Å². The average Bonchev–Trinajstić information content (AvgIpc) is 2.45. The first-order valence-corrected chi connectivity index (χ1v) is 6.51. The standard InChI is InChI=1S/C13H18BF3NO2/c1-12(2)6-11(13(3,4)20-12)19-10-5-9(7-18-8-10)14(15,16)17/h5,7-8,11H,6H2,1-4H3/q-1. The van der Waals surface area contributed by atoms with Gasteiger partial charge in [-0.1, -0.05) is 5.46 Å². The quantitative estimate of drug-likeness (QED) is 0.801. The van der Waals surface area contributed by atoms with Crippen LogP contribution in [0.5, 0.6) is 5.75 Å². The summed E-state index contributed by atoms with van der Waals surface area (Å²) < 4.78 is 49.6. The molecule has 2 rings (SSSR count). The molecular weight excluding hydrogens is 270 g/mol. The van der Waals surface area contributed by atoms with Gasteiger partial charge in [-0.25, -0.2) is 0 Å². The van der Waals surface area contributed by atoms with Gasteiger partial charge in [0.25, 0.3) is 0 Å². The summed E-state index contributed by atoms with van der Waals surface area (Å²) in [6, 6.07) is 0.994. The molecule has 0 bridgehead atoms. The third-order valence-corrected chi connectivity index (χ3v) is 3.38. The van der Waals surface area contributed by atoms with Crippen LogP contribution < -0.4 is 10.2 Å². The highest BCUT2D eigenvalue weighted by atomic mass is 19.4. The summed E-state index contributed by atoms with van der Waals surface area (Å²) in [5.41, 5.74) is -1.66. The van der Waals surface area contributed by atoms with Crippen LogP contribution in [-0.4, -0.2) is 29.3 Å². The molecule has 112 valence electrons. The van der Waals surface area contributed by atoms with Gasteiger partial charge in [0.15, 0.2) is 0 Å². The molecule has 1 atom stereocenters. The third-order valence-electron chi connectivity index (χ3n) is 3.38. The molecule has 1 fully saturated rings. The molecule has 20 heavy (non-hydrogen) atoms. The van der Waals surface area contributed by atoms with E-state index in [9.17, 15) is 12.9 Å². The number of hydrogen-bond donors (Lipinski definition) is 0. The van der Waals surface area contributed by atoms with Crippen molar-refractivity contribution in [3.8, 4) is 5.75 Å². The molecule has 1 aromatic heterocycles. The van der Waals surface area contributed by atoms with Gasteiger partial charge in [0.2, 0.25) is 0 Å². The zero-order valence-corrected chi connectivity index (χ0v) is 12.0. The Morgan fingerprint density at radius 3 is 2.40 bits per heavy atom. The van der Waals surface area contributed by atoms with Gasteiger partial charge in [0.1, 0.15) is 17.5 Å². The first-order valence-electron chi connectivity index (χ1n) is 6.51. The Morgan fingerprint density at radius 1 is 1.25 bits per heavy atom. The maximum absolute atomic E-state index is 12.7. The van der Waals surface area contributed by atoms with E-state index >= 15 is 0 Å². The summed E-state index contributed by atoms with van der Waals surface area (Å²) in [5.74, 6) is 0.126. The van der Waals surface area contributed by atoms with E-state index in [2.05, 4.69) is 4.98 Å². The van der Waals surface area contributed by atoms with E-state index in [1.165, 1.54) is 6.20 Å². The van der Waals surface area contributed by atoms with Crippen LogP contribution in [0, 0.1) is 0 Å². The van der Waals surface area contributed by atoms with Gasteiger partial charge in [-0.15, -0.1) is 0 Å². The van der Waals surface area contributed by atoms with Crippen LogP contribution >= 0.6 is 0 Å². The molecule has 1 aromatic rings. The number of rotatable bonds is 3. The molecule has 0 amide bonds. The normalized spacial score (nSPS) is 24.6. The van der Waals surface area contributed by atoms with Crippen LogP contribution in [0.3, 0.4) is 0 Å². The van der Waals surface area contributed by atoms with Gasteiger partial charge in [-0.05, 0) is 33.8 Å². The Balaban J connectivity index is 2.19. The number of aromatic nitrogens is 1. The highest BCUT2D eigenvalue weighted by Crippen LogP contribution is 2.39. The Labute approximate surface area is 116 Å². The minimum absolute atomic E-state index is 0.126. The molecule has 1 aliphatic rings. The number of ether oxygens (including phenoxy) is 2. The lowest BCUT2D eigenvalue weighted by atomic mass is 9.81. The van der Waals surface area contributed by atoms with Crippen LogP contribution in [0.2, 0.25) is 0 Å². The Bertz CT molecular complexity index is 503. The van der Waals surface area contributed by atoms with Crippen molar-refractivity contribution in [2.45, 2.75) is 51.4 Å². The van der Waals surface area contributed by atoms with Crippen LogP contribution in [0.25, 0.3) is 0 Å². The number of halogens is 3. The van der Waals surface area contributed by atoms with Crippen LogP contribution in [-0.2, 0) is 4.74 Å². The van der Waals surface area contributed by atoms with E-state index in [1.54, 1.807) is 0 Å². The monoisotopic (exact) mass is 288 g/mol. The molecule has 7 heteroatoms. The maximum atomic E-state index is 12.7. The molecule has 0 radical (unpaired) electrons. The number of nitrogens with zero attached hydrogens (tertiary/aromatic N) is 1. The minimum Gasteiger partial charge on any atom is -0.486 e. The van der Waals surface area contributed by atoms with Crippen LogP contribution in [0.1, 0.15) is 34.1 Å². The van der Waals surface area contributed by atoms with Gasteiger partial charge < -0.3 is 22.4 Å². The van der Waals surface area contributed by atoms with Crippen LogP contribution in [0.15, 0.2) is 18.5 Å². The molecule has 0 aliphatic carbocycles. The van der Waals surface area contributed by atoms with Crippen molar-refractivity contribution in [1.82, 2.24) is 4.98 Å². The summed E-state index contributed by atoms with van der Waals surface area (Å²) >= 11 is 0. The Kier molecular flexibility index (Phi) is 3.53. The third kappa shape index (κ3) is 3.26. The Morgan fingerprint density at radius 2 is 1.90 bits per heavy atom. The number of hydrogen-bond acceptors (Lipinski definition) is 3. The summed E-state index contributed by atoms with van der Waals surface area (Å²) in [7, 11) is 0. The van der Waals surface area contributed by atoms with E-state index in [4.69, 9.17) is 9.47 Å². The first-order chi connectivity index (χ1) is 9.00. The van der Waals surface area contributed by atoms with Gasteiger partial charge in [0, 0.05) is 12.6 Å². The van der Waals surface area contributed by atoms with Crippen molar-refractivity contribution < 1.29 is 22.4 Å². The molecule has 2 heterocycles. The predicted molar refractivity (Wildman–Crippen MR) is 71.2 cm³/mol. The number of pyridine rings is 1. The van der Waals surface area contributed by atoms with Gasteiger partial charge in [-0.3, -0.25) is 4.98 Å². The minimum atomic E-state index is -5.07. The molecule has 0 aromatic carbocycles. The largest absolute Gasteiger partial charge is 0.511 e.